The fourth-order valence-electron chi connectivity index (χ4n) is 3.45. The van der Waals surface area contributed by atoms with Gasteiger partial charge in [-0.25, -0.2) is 14.6 Å². The van der Waals surface area contributed by atoms with E-state index in [-0.39, 0.29) is 28.8 Å². The number of oxime groups is 1. The van der Waals surface area contributed by atoms with Gasteiger partial charge in [0.15, 0.2) is 10.8 Å². The number of nitrogen functional groups attached to an aromatic ring is 1. The number of hydrogen-bond acceptors (Lipinski definition) is 14. The van der Waals surface area contributed by atoms with Crippen LogP contribution in [-0.2, 0) is 38.2 Å². The van der Waals surface area contributed by atoms with Crippen LogP contribution in [-0.4, -0.2) is 89.9 Å². The maximum atomic E-state index is 13.1. The van der Waals surface area contributed by atoms with E-state index in [0.29, 0.717) is 11.3 Å². The number of rotatable bonds is 10. The minimum atomic E-state index is -1.28. The summed E-state index contributed by atoms with van der Waals surface area (Å²) < 4.78 is 20.2. The second-order valence-electron chi connectivity index (χ2n) is 7.95. The van der Waals surface area contributed by atoms with Crippen LogP contribution in [0.2, 0.25) is 0 Å². The molecule has 1 aromatic heterocycles. The highest BCUT2D eigenvalue weighted by atomic mass is 32.2. The molecule has 1 aromatic rings. The van der Waals surface area contributed by atoms with Gasteiger partial charge in [-0.05, 0) is 19.4 Å². The number of anilines is 1. The van der Waals surface area contributed by atoms with E-state index in [1.165, 1.54) is 43.2 Å². The summed E-state index contributed by atoms with van der Waals surface area (Å²) in [6, 6.07) is -0.961. The molecule has 2 aliphatic rings. The number of carbonyl (C=O) groups excluding carboxylic acids is 4. The largest absolute Gasteiger partial charge is 0.511 e. The lowest BCUT2D eigenvalue weighted by Crippen LogP contribution is -2.71. The number of hydrogen-bond donors (Lipinski definition) is 2. The summed E-state index contributed by atoms with van der Waals surface area (Å²) in [4.78, 5) is 60.8. The molecule has 37 heavy (non-hydrogen) atoms. The van der Waals surface area contributed by atoms with E-state index < -0.39 is 47.7 Å². The molecule has 3 heterocycles. The molecule has 0 spiro atoms. The molecule has 0 bridgehead atoms. The fourth-order valence-corrected chi connectivity index (χ4v) is 5.32. The second kappa shape index (κ2) is 12.2. The Morgan fingerprint density at radius 3 is 2.57 bits per heavy atom. The number of fused-ring (bicyclic) bond motifs is 1. The summed E-state index contributed by atoms with van der Waals surface area (Å²) in [5, 5.41) is 7.49. The molecule has 16 heteroatoms. The Kier molecular flexibility index (Phi) is 9.34. The molecule has 14 nitrogen and oxygen atoms in total. The Labute approximate surface area is 220 Å². The monoisotopic (exact) mass is 557 g/mol. The first-order valence-electron chi connectivity index (χ1n) is 10.9. The molecule has 0 aliphatic carbocycles. The zero-order valence-electron chi connectivity index (χ0n) is 20.7. The zero-order chi connectivity index (χ0) is 27.3. The summed E-state index contributed by atoms with van der Waals surface area (Å²) >= 11 is 2.45. The van der Waals surface area contributed by atoms with Crippen LogP contribution in [0.1, 0.15) is 26.5 Å². The van der Waals surface area contributed by atoms with Crippen molar-refractivity contribution < 1.29 is 43.0 Å². The van der Waals surface area contributed by atoms with Crippen LogP contribution in [0, 0.1) is 0 Å². The summed E-state index contributed by atoms with van der Waals surface area (Å²) in [6.45, 7) is 4.68. The standard InChI is InChI=1S/C21H27N5O9S2/c1-9(2)33-21(30)35-10(3)34-19(29)15-11(6-31-4)7-36-18-14(17(28)26(15)18)24-16(27)13(25-32-5)12-8-37-20(22)23-12/h8-10,14,18H,6-7H2,1-5H3,(H2,22,23)(H,24,27)/b25-13+/t10?,14?,18-/m1/s1. The normalized spacial score (nSPS) is 20.1. The molecule has 3 rings (SSSR count). The summed E-state index contributed by atoms with van der Waals surface area (Å²) in [6.07, 6.45) is -2.71. The van der Waals surface area contributed by atoms with Gasteiger partial charge in [-0.2, -0.15) is 0 Å². The van der Waals surface area contributed by atoms with Crippen LogP contribution in [0.5, 0.6) is 0 Å². The average Bonchev–Trinajstić information content (AvgIpc) is 3.25. The first-order valence-corrected chi connectivity index (χ1v) is 12.9. The number of β-lactam (4-membered cyclic amide) rings is 1. The van der Waals surface area contributed by atoms with E-state index >= 15 is 0 Å². The highest BCUT2D eigenvalue weighted by molar-refractivity contribution is 8.00. The summed E-state index contributed by atoms with van der Waals surface area (Å²) in [5.74, 6) is -1.81. The van der Waals surface area contributed by atoms with Crippen LogP contribution in [0.15, 0.2) is 21.8 Å². The van der Waals surface area contributed by atoms with Gasteiger partial charge >= 0.3 is 12.1 Å². The third kappa shape index (κ3) is 6.50. The van der Waals surface area contributed by atoms with Crippen molar-refractivity contribution in [3.8, 4) is 0 Å². The zero-order valence-corrected chi connectivity index (χ0v) is 22.3. The van der Waals surface area contributed by atoms with Gasteiger partial charge in [0.1, 0.15) is 29.9 Å². The van der Waals surface area contributed by atoms with E-state index in [1.807, 2.05) is 0 Å². The number of thiazole rings is 1. The number of aromatic nitrogens is 1. The molecule has 1 fully saturated rings. The molecular weight excluding hydrogens is 530 g/mol. The summed E-state index contributed by atoms with van der Waals surface area (Å²) in [7, 11) is 2.71. The molecule has 2 amide bonds. The number of carbonyl (C=O) groups is 4. The average molecular weight is 558 g/mol. The molecule has 0 aromatic carbocycles. The third-order valence-corrected chi connectivity index (χ3v) is 6.89. The van der Waals surface area contributed by atoms with Crippen molar-refractivity contribution in [2.24, 2.45) is 5.16 Å². The Balaban J connectivity index is 1.74. The number of methoxy groups -OCH3 is 1. The van der Waals surface area contributed by atoms with E-state index in [2.05, 4.69) is 15.5 Å². The van der Waals surface area contributed by atoms with E-state index in [9.17, 15) is 19.2 Å². The first kappa shape index (κ1) is 28.2. The van der Waals surface area contributed by atoms with Crippen molar-refractivity contribution in [2.75, 3.05) is 32.3 Å². The molecule has 1 saturated heterocycles. The van der Waals surface area contributed by atoms with Gasteiger partial charge in [0.25, 0.3) is 11.8 Å². The molecule has 2 aliphatic heterocycles. The lowest BCUT2D eigenvalue weighted by molar-refractivity contribution is -0.169. The number of thioether (sulfide) groups is 1. The number of nitrogens with two attached hydrogens (primary N) is 1. The quantitative estimate of drug-likeness (QED) is 0.136. The lowest BCUT2D eigenvalue weighted by Gasteiger charge is -2.49. The predicted molar refractivity (Wildman–Crippen MR) is 132 cm³/mol. The fraction of sp³-hybridized carbons (Fsp3) is 0.524. The Hall–Kier alpha value is -3.37. The van der Waals surface area contributed by atoms with E-state index in [0.717, 1.165) is 11.3 Å². The van der Waals surface area contributed by atoms with Gasteiger partial charge in [-0.15, -0.1) is 23.1 Å². The minimum Gasteiger partial charge on any atom is -0.431 e. The lowest BCUT2D eigenvalue weighted by atomic mass is 10.0. The topological polar surface area (TPSA) is 181 Å². The summed E-state index contributed by atoms with van der Waals surface area (Å²) in [5.41, 5.74) is 6.15. The molecule has 0 saturated carbocycles. The van der Waals surface area contributed by atoms with Crippen LogP contribution >= 0.6 is 23.1 Å². The predicted octanol–water partition coefficient (Wildman–Crippen LogP) is 0.827. The number of nitrogens with one attached hydrogen (secondary N) is 1. The van der Waals surface area contributed by atoms with Gasteiger partial charge in [0.05, 0.1) is 12.7 Å². The highest BCUT2D eigenvalue weighted by Gasteiger charge is 2.55. The first-order chi connectivity index (χ1) is 17.6. The van der Waals surface area contributed by atoms with Gasteiger partial charge in [0.2, 0.25) is 6.29 Å². The SMILES string of the molecule is COCC1=C(C(=O)OC(C)OC(=O)OC(C)C)N2C(=O)C(NC(=O)/C(=N/OC)c3csc(N)n3)[C@H]2SC1. The van der Waals surface area contributed by atoms with Crippen molar-refractivity contribution in [3.63, 3.8) is 0 Å². The van der Waals surface area contributed by atoms with Crippen molar-refractivity contribution in [1.29, 1.82) is 0 Å². The second-order valence-corrected chi connectivity index (χ2v) is 9.94. The van der Waals surface area contributed by atoms with Gasteiger partial charge < -0.3 is 34.8 Å². The molecule has 0 radical (unpaired) electrons. The van der Waals surface area contributed by atoms with E-state index in [4.69, 9.17) is 29.5 Å². The molecule has 3 N–H and O–H groups in total. The Morgan fingerprint density at radius 2 is 1.97 bits per heavy atom. The maximum Gasteiger partial charge on any atom is 0.511 e. The van der Waals surface area contributed by atoms with Gasteiger partial charge in [0, 0.05) is 25.2 Å². The van der Waals surface area contributed by atoms with Crippen molar-refractivity contribution in [1.82, 2.24) is 15.2 Å². The third-order valence-electron chi connectivity index (χ3n) is 4.88. The minimum absolute atomic E-state index is 0.0353. The van der Waals surface area contributed by atoms with Crippen LogP contribution in [0.25, 0.3) is 0 Å². The smallest absolute Gasteiger partial charge is 0.431 e. The van der Waals surface area contributed by atoms with Gasteiger partial charge in [-0.1, -0.05) is 5.16 Å². The number of ether oxygens (including phenoxy) is 4. The number of nitrogens with zero attached hydrogens (tertiary/aromatic N) is 3. The molecular formula is C21H27N5O9S2. The van der Waals surface area contributed by atoms with Crippen LogP contribution in [0.3, 0.4) is 0 Å². The maximum absolute atomic E-state index is 13.1. The van der Waals surface area contributed by atoms with Gasteiger partial charge in [-0.3, -0.25) is 14.5 Å². The Morgan fingerprint density at radius 1 is 1.24 bits per heavy atom. The number of amides is 2. The van der Waals surface area contributed by atoms with Crippen LogP contribution in [0.4, 0.5) is 9.93 Å². The number of esters is 1. The van der Waals surface area contributed by atoms with E-state index in [1.54, 1.807) is 13.8 Å². The van der Waals surface area contributed by atoms with Crippen LogP contribution < -0.4 is 11.1 Å². The molecule has 3 atom stereocenters. The highest BCUT2D eigenvalue weighted by Crippen LogP contribution is 2.41. The molecule has 2 unspecified atom stereocenters. The Bertz CT molecular complexity index is 1120. The molecule has 202 valence electrons. The van der Waals surface area contributed by atoms with Crippen molar-refractivity contribution in [2.45, 2.75) is 44.6 Å². The van der Waals surface area contributed by atoms with Crippen molar-refractivity contribution in [3.05, 3.63) is 22.3 Å². The van der Waals surface area contributed by atoms with Crippen molar-refractivity contribution >= 4 is 57.9 Å².